The molecule has 96 valence electrons. The van der Waals surface area contributed by atoms with Crippen molar-refractivity contribution in [2.45, 2.75) is 32.3 Å². The van der Waals surface area contributed by atoms with Gasteiger partial charge in [-0.2, -0.15) is 0 Å². The predicted octanol–water partition coefficient (Wildman–Crippen LogP) is 2.34. The van der Waals surface area contributed by atoms with Gasteiger partial charge in [0.1, 0.15) is 18.5 Å². The van der Waals surface area contributed by atoms with Gasteiger partial charge in [0.05, 0.1) is 0 Å². The molecule has 0 aromatic heterocycles. The molecule has 0 spiro atoms. The molecule has 17 heavy (non-hydrogen) atoms. The standard InChI is InChI=1S/C14H23NO2/c1-14(2,3)11-6-5-7-12(8-11)17-10-13(9-15)16-4/h5-8,13H,9-10,15H2,1-4H3/t13-/m0/s1. The van der Waals surface area contributed by atoms with Crippen molar-refractivity contribution in [3.63, 3.8) is 0 Å². The third-order valence-electron chi connectivity index (χ3n) is 2.73. The molecule has 0 heterocycles. The van der Waals surface area contributed by atoms with Gasteiger partial charge in [0.25, 0.3) is 0 Å². The van der Waals surface area contributed by atoms with Gasteiger partial charge in [-0.25, -0.2) is 0 Å². The van der Waals surface area contributed by atoms with Gasteiger partial charge in [0, 0.05) is 13.7 Å². The average molecular weight is 237 g/mol. The molecule has 0 saturated heterocycles. The van der Waals surface area contributed by atoms with Crippen LogP contribution in [0.4, 0.5) is 0 Å². The molecule has 2 N–H and O–H groups in total. The van der Waals surface area contributed by atoms with E-state index in [0.29, 0.717) is 13.2 Å². The molecule has 1 atom stereocenters. The second kappa shape index (κ2) is 6.03. The number of ether oxygens (including phenoxy) is 2. The Morgan fingerprint density at radius 1 is 1.29 bits per heavy atom. The zero-order valence-corrected chi connectivity index (χ0v) is 11.2. The number of rotatable bonds is 5. The van der Waals surface area contributed by atoms with E-state index >= 15 is 0 Å². The summed E-state index contributed by atoms with van der Waals surface area (Å²) in [4.78, 5) is 0. The number of benzene rings is 1. The van der Waals surface area contributed by atoms with E-state index < -0.39 is 0 Å². The lowest BCUT2D eigenvalue weighted by Crippen LogP contribution is -2.29. The van der Waals surface area contributed by atoms with Crippen LogP contribution in [0.15, 0.2) is 24.3 Å². The van der Waals surface area contributed by atoms with Crippen molar-refractivity contribution in [3.05, 3.63) is 29.8 Å². The molecule has 0 aliphatic rings. The van der Waals surface area contributed by atoms with Crippen molar-refractivity contribution in [1.29, 1.82) is 0 Å². The first-order valence-electron chi connectivity index (χ1n) is 5.93. The van der Waals surface area contributed by atoms with Gasteiger partial charge >= 0.3 is 0 Å². The summed E-state index contributed by atoms with van der Waals surface area (Å²) in [6.45, 7) is 7.51. The molecule has 0 radical (unpaired) electrons. The number of methoxy groups -OCH3 is 1. The molecule has 1 rings (SSSR count). The van der Waals surface area contributed by atoms with Crippen LogP contribution in [0.1, 0.15) is 26.3 Å². The van der Waals surface area contributed by atoms with Crippen LogP contribution in [0.2, 0.25) is 0 Å². The Hall–Kier alpha value is -1.06. The Morgan fingerprint density at radius 3 is 2.53 bits per heavy atom. The van der Waals surface area contributed by atoms with Crippen LogP contribution in [0, 0.1) is 0 Å². The highest BCUT2D eigenvalue weighted by molar-refractivity contribution is 5.32. The minimum Gasteiger partial charge on any atom is -0.491 e. The van der Waals surface area contributed by atoms with E-state index in [-0.39, 0.29) is 11.5 Å². The van der Waals surface area contributed by atoms with Crippen molar-refractivity contribution in [2.75, 3.05) is 20.3 Å². The first-order chi connectivity index (χ1) is 7.97. The molecule has 3 heteroatoms. The van der Waals surface area contributed by atoms with Gasteiger partial charge in [-0.3, -0.25) is 0 Å². The minimum absolute atomic E-state index is 0.0479. The zero-order valence-electron chi connectivity index (χ0n) is 11.2. The van der Waals surface area contributed by atoms with E-state index in [2.05, 4.69) is 32.9 Å². The summed E-state index contributed by atoms with van der Waals surface area (Å²) in [5.41, 5.74) is 6.94. The van der Waals surface area contributed by atoms with Crippen molar-refractivity contribution in [2.24, 2.45) is 5.73 Å². The van der Waals surface area contributed by atoms with E-state index in [1.54, 1.807) is 7.11 Å². The van der Waals surface area contributed by atoms with Crippen LogP contribution in [-0.2, 0) is 10.2 Å². The fourth-order valence-corrected chi connectivity index (χ4v) is 1.47. The highest BCUT2D eigenvalue weighted by Crippen LogP contribution is 2.25. The maximum Gasteiger partial charge on any atom is 0.119 e. The van der Waals surface area contributed by atoms with Crippen LogP contribution >= 0.6 is 0 Å². The molecule has 0 aliphatic carbocycles. The van der Waals surface area contributed by atoms with Crippen molar-refractivity contribution >= 4 is 0 Å². The minimum atomic E-state index is -0.0479. The third kappa shape index (κ3) is 4.36. The summed E-state index contributed by atoms with van der Waals surface area (Å²) in [5, 5.41) is 0. The normalized spacial score (nSPS) is 13.5. The quantitative estimate of drug-likeness (QED) is 0.855. The highest BCUT2D eigenvalue weighted by atomic mass is 16.5. The smallest absolute Gasteiger partial charge is 0.119 e. The summed E-state index contributed by atoms with van der Waals surface area (Å²) >= 11 is 0. The average Bonchev–Trinajstić information content (AvgIpc) is 2.30. The molecule has 0 bridgehead atoms. The Kier molecular flexibility index (Phi) is 4.97. The van der Waals surface area contributed by atoms with Gasteiger partial charge in [-0.15, -0.1) is 0 Å². The summed E-state index contributed by atoms with van der Waals surface area (Å²) < 4.78 is 10.8. The van der Waals surface area contributed by atoms with E-state index in [4.69, 9.17) is 15.2 Å². The third-order valence-corrected chi connectivity index (χ3v) is 2.73. The molecule has 3 nitrogen and oxygen atoms in total. The van der Waals surface area contributed by atoms with Crippen LogP contribution in [-0.4, -0.2) is 26.4 Å². The molecule has 0 aliphatic heterocycles. The maximum atomic E-state index is 5.68. The lowest BCUT2D eigenvalue weighted by atomic mass is 9.87. The largest absolute Gasteiger partial charge is 0.491 e. The first-order valence-corrected chi connectivity index (χ1v) is 5.93. The number of hydrogen-bond acceptors (Lipinski definition) is 3. The molecule has 0 unspecified atom stereocenters. The molecule has 1 aromatic rings. The lowest BCUT2D eigenvalue weighted by Gasteiger charge is -2.20. The topological polar surface area (TPSA) is 44.5 Å². The van der Waals surface area contributed by atoms with Gasteiger partial charge in [0.2, 0.25) is 0 Å². The molecule has 0 saturated carbocycles. The lowest BCUT2D eigenvalue weighted by molar-refractivity contribution is 0.0643. The van der Waals surface area contributed by atoms with Crippen molar-refractivity contribution in [1.82, 2.24) is 0 Å². The Balaban J connectivity index is 2.66. The van der Waals surface area contributed by atoms with E-state index in [0.717, 1.165) is 5.75 Å². The highest BCUT2D eigenvalue weighted by Gasteiger charge is 2.14. The summed E-state index contributed by atoms with van der Waals surface area (Å²) in [6.07, 6.45) is -0.0479. The number of hydrogen-bond donors (Lipinski definition) is 1. The second-order valence-corrected chi connectivity index (χ2v) is 5.18. The van der Waals surface area contributed by atoms with Gasteiger partial charge < -0.3 is 15.2 Å². The van der Waals surface area contributed by atoms with E-state index in [1.165, 1.54) is 5.56 Å². The molecule has 0 amide bonds. The van der Waals surface area contributed by atoms with Gasteiger partial charge in [0.15, 0.2) is 0 Å². The number of nitrogens with two attached hydrogens (primary N) is 1. The maximum absolute atomic E-state index is 5.68. The van der Waals surface area contributed by atoms with E-state index in [1.807, 2.05) is 12.1 Å². The summed E-state index contributed by atoms with van der Waals surface area (Å²) in [5.74, 6) is 0.868. The van der Waals surface area contributed by atoms with Crippen LogP contribution in [0.5, 0.6) is 5.75 Å². The molecule has 0 fully saturated rings. The van der Waals surface area contributed by atoms with Crippen molar-refractivity contribution < 1.29 is 9.47 Å². The Labute approximate surface area is 104 Å². The predicted molar refractivity (Wildman–Crippen MR) is 70.5 cm³/mol. The second-order valence-electron chi connectivity index (χ2n) is 5.18. The van der Waals surface area contributed by atoms with Crippen LogP contribution < -0.4 is 10.5 Å². The summed E-state index contributed by atoms with van der Waals surface area (Å²) in [7, 11) is 1.65. The van der Waals surface area contributed by atoms with E-state index in [9.17, 15) is 0 Å². The fraction of sp³-hybridized carbons (Fsp3) is 0.571. The SMILES string of the molecule is CO[C@@H](CN)COc1cccc(C(C)(C)C)c1. The fourth-order valence-electron chi connectivity index (χ4n) is 1.47. The van der Waals surface area contributed by atoms with Crippen molar-refractivity contribution in [3.8, 4) is 5.75 Å². The summed E-state index contributed by atoms with van der Waals surface area (Å²) in [6, 6.07) is 8.16. The molecular weight excluding hydrogens is 214 g/mol. The van der Waals surface area contributed by atoms with Gasteiger partial charge in [-0.1, -0.05) is 32.9 Å². The Morgan fingerprint density at radius 2 is 2.00 bits per heavy atom. The molecular formula is C14H23NO2. The Bertz CT molecular complexity index is 340. The molecule has 1 aromatic carbocycles. The zero-order chi connectivity index (χ0) is 12.9. The monoisotopic (exact) mass is 237 g/mol. The van der Waals surface area contributed by atoms with Crippen LogP contribution in [0.25, 0.3) is 0 Å². The van der Waals surface area contributed by atoms with Gasteiger partial charge in [-0.05, 0) is 23.1 Å². The van der Waals surface area contributed by atoms with Crippen LogP contribution in [0.3, 0.4) is 0 Å². The first kappa shape index (κ1) is 14.0.